The second-order valence-corrected chi connectivity index (χ2v) is 7.26. The van der Waals surface area contributed by atoms with E-state index in [1.165, 1.54) is 6.07 Å². The first-order valence-electron chi connectivity index (χ1n) is 4.45. The van der Waals surface area contributed by atoms with Gasteiger partial charge in [-0.25, -0.2) is 13.1 Å². The maximum atomic E-state index is 11.7. The highest BCUT2D eigenvalue weighted by atomic mass is 79.9. The summed E-state index contributed by atoms with van der Waals surface area (Å²) in [5.41, 5.74) is 0. The zero-order chi connectivity index (χ0) is 12.0. The van der Waals surface area contributed by atoms with E-state index in [1.807, 2.05) is 0 Å². The maximum Gasteiger partial charge on any atom is 0.250 e. The second-order valence-electron chi connectivity index (χ2n) is 2.76. The van der Waals surface area contributed by atoms with Crippen molar-refractivity contribution in [2.75, 3.05) is 25.1 Å². The van der Waals surface area contributed by atoms with Gasteiger partial charge in [-0.2, -0.15) is 0 Å². The molecular formula is C8H11BrClNO3S2. The van der Waals surface area contributed by atoms with E-state index in [4.69, 9.17) is 16.3 Å². The Hall–Kier alpha value is 0.340. The van der Waals surface area contributed by atoms with E-state index in [-0.39, 0.29) is 10.8 Å². The highest BCUT2D eigenvalue weighted by molar-refractivity contribution is 9.09. The Labute approximate surface area is 112 Å². The first-order chi connectivity index (χ1) is 7.56. The molecule has 1 rings (SSSR count). The van der Waals surface area contributed by atoms with Gasteiger partial charge in [0.05, 0.1) is 17.6 Å². The number of thiophene rings is 1. The van der Waals surface area contributed by atoms with E-state index in [1.54, 1.807) is 6.07 Å². The molecule has 0 radical (unpaired) electrons. The van der Waals surface area contributed by atoms with Crippen LogP contribution >= 0.6 is 38.9 Å². The zero-order valence-electron chi connectivity index (χ0n) is 8.28. The summed E-state index contributed by atoms with van der Waals surface area (Å²) in [6.45, 7) is 1.17. The van der Waals surface area contributed by atoms with Crippen molar-refractivity contribution >= 4 is 48.9 Å². The molecule has 0 aromatic carbocycles. The Morgan fingerprint density at radius 1 is 1.44 bits per heavy atom. The summed E-state index contributed by atoms with van der Waals surface area (Å²) in [6.07, 6.45) is 0. The third-order valence-electron chi connectivity index (χ3n) is 1.57. The standard InChI is InChI=1S/C8H11BrClNO3S2/c9-3-5-14-6-4-11-16(12,13)8-2-1-7(10)15-8/h1-2,11H,3-6H2. The fourth-order valence-corrected chi connectivity index (χ4v) is 3.69. The van der Waals surface area contributed by atoms with Gasteiger partial charge in [-0.1, -0.05) is 27.5 Å². The fraction of sp³-hybridized carbons (Fsp3) is 0.500. The van der Waals surface area contributed by atoms with Crippen molar-refractivity contribution in [3.8, 4) is 0 Å². The van der Waals surface area contributed by atoms with E-state index in [0.717, 1.165) is 16.7 Å². The van der Waals surface area contributed by atoms with Gasteiger partial charge in [0.15, 0.2) is 0 Å². The molecule has 4 nitrogen and oxygen atoms in total. The van der Waals surface area contributed by atoms with Crippen molar-refractivity contribution in [1.29, 1.82) is 0 Å². The van der Waals surface area contributed by atoms with Crippen LogP contribution in [0.5, 0.6) is 0 Å². The van der Waals surface area contributed by atoms with Crippen LogP contribution in [0.3, 0.4) is 0 Å². The maximum absolute atomic E-state index is 11.7. The normalized spacial score (nSPS) is 11.9. The topological polar surface area (TPSA) is 55.4 Å². The van der Waals surface area contributed by atoms with Gasteiger partial charge >= 0.3 is 0 Å². The molecule has 92 valence electrons. The number of hydrogen-bond acceptors (Lipinski definition) is 4. The third kappa shape index (κ3) is 4.68. The van der Waals surface area contributed by atoms with Gasteiger partial charge < -0.3 is 4.74 Å². The molecule has 0 aliphatic heterocycles. The molecule has 0 atom stereocenters. The number of rotatable bonds is 7. The lowest BCUT2D eigenvalue weighted by atomic mass is 10.7. The summed E-state index contributed by atoms with van der Waals surface area (Å²) in [5.74, 6) is 0. The van der Waals surface area contributed by atoms with Crippen LogP contribution in [0.2, 0.25) is 4.34 Å². The molecule has 1 aromatic rings. The number of sulfonamides is 1. The molecule has 0 spiro atoms. The lowest BCUT2D eigenvalue weighted by Gasteiger charge is -2.04. The van der Waals surface area contributed by atoms with Crippen molar-refractivity contribution in [3.05, 3.63) is 16.5 Å². The van der Waals surface area contributed by atoms with Crippen molar-refractivity contribution < 1.29 is 13.2 Å². The average molecular weight is 349 g/mol. The van der Waals surface area contributed by atoms with E-state index >= 15 is 0 Å². The molecule has 1 heterocycles. The molecule has 1 aromatic heterocycles. The SMILES string of the molecule is O=S(=O)(NCCOCCBr)c1ccc(Cl)s1. The van der Waals surface area contributed by atoms with Crippen LogP contribution in [0.1, 0.15) is 0 Å². The highest BCUT2D eigenvalue weighted by Crippen LogP contribution is 2.25. The van der Waals surface area contributed by atoms with E-state index in [2.05, 4.69) is 20.7 Å². The minimum atomic E-state index is -3.43. The molecule has 8 heteroatoms. The van der Waals surface area contributed by atoms with E-state index in [9.17, 15) is 8.42 Å². The minimum Gasteiger partial charge on any atom is -0.379 e. The Morgan fingerprint density at radius 2 is 2.19 bits per heavy atom. The molecule has 0 saturated heterocycles. The molecule has 0 fully saturated rings. The lowest BCUT2D eigenvalue weighted by Crippen LogP contribution is -2.27. The molecule has 0 aliphatic rings. The number of alkyl halides is 1. The van der Waals surface area contributed by atoms with Gasteiger partial charge in [0.2, 0.25) is 10.0 Å². The monoisotopic (exact) mass is 347 g/mol. The van der Waals surface area contributed by atoms with Gasteiger partial charge in [-0.05, 0) is 12.1 Å². The first-order valence-corrected chi connectivity index (χ1v) is 8.25. The van der Waals surface area contributed by atoms with Crippen LogP contribution in [-0.2, 0) is 14.8 Å². The second kappa shape index (κ2) is 6.93. The minimum absolute atomic E-state index is 0.220. The average Bonchev–Trinajstić information content (AvgIpc) is 2.65. The Morgan fingerprint density at radius 3 is 2.75 bits per heavy atom. The predicted molar refractivity (Wildman–Crippen MR) is 69.1 cm³/mol. The Bertz CT molecular complexity index is 421. The van der Waals surface area contributed by atoms with Crippen molar-refractivity contribution in [2.45, 2.75) is 4.21 Å². The summed E-state index contributed by atoms with van der Waals surface area (Å²) in [7, 11) is -3.43. The third-order valence-corrected chi connectivity index (χ3v) is 5.08. The first kappa shape index (κ1) is 14.4. The van der Waals surface area contributed by atoms with E-state index in [0.29, 0.717) is 17.6 Å². The van der Waals surface area contributed by atoms with Gasteiger partial charge in [-0.15, -0.1) is 11.3 Å². The molecule has 1 N–H and O–H groups in total. The van der Waals surface area contributed by atoms with Gasteiger partial charge in [0.1, 0.15) is 4.21 Å². The lowest BCUT2D eigenvalue weighted by molar-refractivity contribution is 0.156. The summed E-state index contributed by atoms with van der Waals surface area (Å²) in [4.78, 5) is 0. The summed E-state index contributed by atoms with van der Waals surface area (Å²) in [5, 5.41) is 0.736. The predicted octanol–water partition coefficient (Wildman–Crippen LogP) is 2.09. The molecule has 16 heavy (non-hydrogen) atoms. The Balaban J connectivity index is 2.41. The quantitative estimate of drug-likeness (QED) is 0.606. The fourth-order valence-electron chi connectivity index (χ4n) is 0.918. The largest absolute Gasteiger partial charge is 0.379 e. The Kier molecular flexibility index (Phi) is 6.23. The molecule has 0 amide bonds. The molecule has 0 saturated carbocycles. The van der Waals surface area contributed by atoms with Crippen LogP contribution in [0.15, 0.2) is 16.3 Å². The van der Waals surface area contributed by atoms with Gasteiger partial charge in [-0.3, -0.25) is 0 Å². The van der Waals surface area contributed by atoms with Crippen LogP contribution in [0.25, 0.3) is 0 Å². The molecule has 0 aliphatic carbocycles. The zero-order valence-corrected chi connectivity index (χ0v) is 12.3. The van der Waals surface area contributed by atoms with Crippen LogP contribution in [0, 0.1) is 0 Å². The van der Waals surface area contributed by atoms with Gasteiger partial charge in [0.25, 0.3) is 0 Å². The van der Waals surface area contributed by atoms with E-state index < -0.39 is 10.0 Å². The molecule has 0 bridgehead atoms. The van der Waals surface area contributed by atoms with Crippen LogP contribution in [-0.4, -0.2) is 33.5 Å². The van der Waals surface area contributed by atoms with Gasteiger partial charge in [0, 0.05) is 11.9 Å². The summed E-state index contributed by atoms with van der Waals surface area (Å²) in [6, 6.07) is 3.04. The summed E-state index contributed by atoms with van der Waals surface area (Å²) < 4.78 is 31.5. The number of hydrogen-bond donors (Lipinski definition) is 1. The van der Waals surface area contributed by atoms with Crippen LogP contribution in [0.4, 0.5) is 0 Å². The number of halogens is 2. The highest BCUT2D eigenvalue weighted by Gasteiger charge is 2.15. The summed E-state index contributed by atoms with van der Waals surface area (Å²) >= 11 is 9.90. The van der Waals surface area contributed by atoms with Crippen molar-refractivity contribution in [1.82, 2.24) is 4.72 Å². The number of ether oxygens (including phenoxy) is 1. The smallest absolute Gasteiger partial charge is 0.250 e. The van der Waals surface area contributed by atoms with Crippen LogP contribution < -0.4 is 4.72 Å². The van der Waals surface area contributed by atoms with Crippen molar-refractivity contribution in [3.63, 3.8) is 0 Å². The molecule has 0 unspecified atom stereocenters. The molecular weight excluding hydrogens is 338 g/mol. The number of nitrogens with one attached hydrogen (secondary N) is 1. The van der Waals surface area contributed by atoms with Crippen molar-refractivity contribution in [2.24, 2.45) is 0 Å².